The second kappa shape index (κ2) is 17.8. The zero-order valence-electron chi connectivity index (χ0n) is 28.1. The molecule has 0 saturated heterocycles. The second-order valence-corrected chi connectivity index (χ2v) is 12.9. The van der Waals surface area contributed by atoms with Crippen LogP contribution in [0.2, 0.25) is 0 Å². The number of ether oxygens (including phenoxy) is 1. The summed E-state index contributed by atoms with van der Waals surface area (Å²) in [4.78, 5) is 42.0. The summed E-state index contributed by atoms with van der Waals surface area (Å²) in [5, 5.41) is 14.4. The largest absolute Gasteiger partial charge is 0.489 e. The van der Waals surface area contributed by atoms with E-state index in [0.29, 0.717) is 43.3 Å². The molecule has 10 heteroatoms. The third-order valence-corrected chi connectivity index (χ3v) is 8.28. The molecule has 3 amide bonds. The van der Waals surface area contributed by atoms with E-state index in [1.54, 1.807) is 11.0 Å². The van der Waals surface area contributed by atoms with Crippen LogP contribution in [0, 0.1) is 17.2 Å². The van der Waals surface area contributed by atoms with E-state index < -0.39 is 35.2 Å². The zero-order valence-corrected chi connectivity index (χ0v) is 28.1. The molecule has 0 bridgehead atoms. The maximum atomic E-state index is 14.6. The molecular weight excluding hydrogens is 599 g/mol. The van der Waals surface area contributed by atoms with E-state index in [-0.39, 0.29) is 42.9 Å². The molecule has 0 fully saturated rings. The SMILES string of the molecule is CCCN(CCC)C(=O)C1=CC(C(N)=O)=CC(C[C@@H](O)[C@@H](N)Cc2cc(F)cc(OCc3ccccc3)c2)(C(=O)NCCC(C)C)C1. The number of hydrogen-bond donors (Lipinski definition) is 4. The Balaban J connectivity index is 1.88. The van der Waals surface area contributed by atoms with Crippen LogP contribution in [0.4, 0.5) is 4.39 Å². The summed E-state index contributed by atoms with van der Waals surface area (Å²) in [5.41, 5.74) is 12.5. The lowest BCUT2D eigenvalue weighted by Gasteiger charge is -2.37. The molecule has 3 rings (SSSR count). The van der Waals surface area contributed by atoms with Gasteiger partial charge in [0.05, 0.1) is 11.5 Å². The Morgan fingerprint density at radius 2 is 1.74 bits per heavy atom. The predicted molar refractivity (Wildman–Crippen MR) is 182 cm³/mol. The number of nitrogens with one attached hydrogen (secondary N) is 1. The first-order chi connectivity index (χ1) is 22.4. The fourth-order valence-electron chi connectivity index (χ4n) is 5.82. The van der Waals surface area contributed by atoms with Crippen molar-refractivity contribution in [3.63, 3.8) is 0 Å². The first kappa shape index (κ1) is 37.4. The molecule has 256 valence electrons. The molecule has 0 radical (unpaired) electrons. The van der Waals surface area contributed by atoms with Gasteiger partial charge in [-0.15, -0.1) is 0 Å². The van der Waals surface area contributed by atoms with Gasteiger partial charge in [0.25, 0.3) is 0 Å². The number of rotatable bonds is 18. The quantitative estimate of drug-likeness (QED) is 0.186. The lowest BCUT2D eigenvalue weighted by molar-refractivity contribution is -0.131. The van der Waals surface area contributed by atoms with Gasteiger partial charge in [0, 0.05) is 42.9 Å². The van der Waals surface area contributed by atoms with Gasteiger partial charge in [-0.3, -0.25) is 14.4 Å². The van der Waals surface area contributed by atoms with Crippen LogP contribution in [-0.2, 0) is 27.4 Å². The summed E-state index contributed by atoms with van der Waals surface area (Å²) in [6.07, 6.45) is 3.72. The molecule has 9 nitrogen and oxygen atoms in total. The van der Waals surface area contributed by atoms with Crippen LogP contribution in [0.3, 0.4) is 0 Å². The number of carbonyl (C=O) groups excluding carboxylic acids is 3. The van der Waals surface area contributed by atoms with E-state index in [4.69, 9.17) is 16.2 Å². The molecule has 2 aromatic rings. The monoisotopic (exact) mass is 650 g/mol. The van der Waals surface area contributed by atoms with Crippen molar-refractivity contribution >= 4 is 17.7 Å². The average Bonchev–Trinajstić information content (AvgIpc) is 3.03. The standard InChI is InChI=1S/C37H51FN4O5/c1-5-14-42(15-6-2)35(45)29-19-28(34(40)44)21-37(22-29,36(46)41-13-12-25(3)4)23-33(43)32(39)18-27-16-30(38)20-31(17-27)47-24-26-10-8-7-9-11-26/h7-11,16-17,19-21,25,32-33,43H,5-6,12-15,18,22-24,39H2,1-4H3,(H2,40,44)(H,41,46)/t32-,33+,37?/m0/s1. The highest BCUT2D eigenvalue weighted by Crippen LogP contribution is 2.40. The van der Waals surface area contributed by atoms with E-state index in [9.17, 15) is 23.9 Å². The Hall–Kier alpha value is -4.02. The number of aliphatic hydroxyl groups is 1. The first-order valence-electron chi connectivity index (χ1n) is 16.6. The fraction of sp³-hybridized carbons (Fsp3) is 0.486. The first-order valence-corrected chi connectivity index (χ1v) is 16.6. The summed E-state index contributed by atoms with van der Waals surface area (Å²) in [6, 6.07) is 12.9. The average molecular weight is 651 g/mol. The number of hydrogen-bond acceptors (Lipinski definition) is 6. The van der Waals surface area contributed by atoms with Crippen molar-refractivity contribution in [3.05, 3.63) is 88.8 Å². The number of nitrogens with two attached hydrogens (primary N) is 2. The highest BCUT2D eigenvalue weighted by molar-refractivity contribution is 6.03. The minimum atomic E-state index is -1.48. The summed E-state index contributed by atoms with van der Waals surface area (Å²) < 4.78 is 20.4. The number of carbonyl (C=O) groups is 3. The van der Waals surface area contributed by atoms with Gasteiger partial charge in [0.15, 0.2) is 0 Å². The van der Waals surface area contributed by atoms with E-state index in [0.717, 1.165) is 18.4 Å². The molecule has 1 aliphatic rings. The minimum absolute atomic E-state index is 0.0256. The molecule has 2 aromatic carbocycles. The molecule has 47 heavy (non-hydrogen) atoms. The fourth-order valence-corrected chi connectivity index (χ4v) is 5.82. The molecule has 0 spiro atoms. The van der Waals surface area contributed by atoms with E-state index >= 15 is 0 Å². The van der Waals surface area contributed by atoms with Gasteiger partial charge in [0.1, 0.15) is 18.2 Å². The second-order valence-electron chi connectivity index (χ2n) is 12.9. The molecular formula is C37H51FN4O5. The number of nitrogens with zero attached hydrogens (tertiary/aromatic N) is 1. The number of amides is 3. The lowest BCUT2D eigenvalue weighted by Crippen LogP contribution is -2.49. The van der Waals surface area contributed by atoms with Gasteiger partial charge in [0.2, 0.25) is 17.7 Å². The van der Waals surface area contributed by atoms with Crippen LogP contribution < -0.4 is 21.5 Å². The highest BCUT2D eigenvalue weighted by atomic mass is 19.1. The molecule has 3 atom stereocenters. The molecule has 0 heterocycles. The van der Waals surface area contributed by atoms with Crippen molar-refractivity contribution in [2.24, 2.45) is 22.8 Å². The predicted octanol–water partition coefficient (Wildman–Crippen LogP) is 4.56. The molecule has 1 aliphatic carbocycles. The van der Waals surface area contributed by atoms with Crippen molar-refractivity contribution in [2.75, 3.05) is 19.6 Å². The van der Waals surface area contributed by atoms with Crippen LogP contribution in [0.25, 0.3) is 0 Å². The zero-order chi connectivity index (χ0) is 34.6. The van der Waals surface area contributed by atoms with Gasteiger partial charge in [-0.2, -0.15) is 0 Å². The number of aliphatic hydroxyl groups excluding tert-OH is 1. The molecule has 0 aliphatic heterocycles. The highest BCUT2D eigenvalue weighted by Gasteiger charge is 2.44. The van der Waals surface area contributed by atoms with Crippen molar-refractivity contribution in [3.8, 4) is 5.75 Å². The van der Waals surface area contributed by atoms with Gasteiger partial charge in [-0.1, -0.05) is 64.1 Å². The van der Waals surface area contributed by atoms with Crippen molar-refractivity contribution < 1.29 is 28.6 Å². The summed E-state index contributed by atoms with van der Waals surface area (Å²) >= 11 is 0. The Morgan fingerprint density at radius 1 is 1.06 bits per heavy atom. The molecule has 1 unspecified atom stereocenters. The summed E-state index contributed by atoms with van der Waals surface area (Å²) in [5.74, 6) is -1.34. The molecule has 0 saturated carbocycles. The maximum absolute atomic E-state index is 14.6. The van der Waals surface area contributed by atoms with E-state index in [1.165, 1.54) is 24.3 Å². The van der Waals surface area contributed by atoms with Crippen LogP contribution in [0.1, 0.15) is 70.9 Å². The summed E-state index contributed by atoms with van der Waals surface area (Å²) in [7, 11) is 0. The van der Waals surface area contributed by atoms with Crippen molar-refractivity contribution in [2.45, 2.75) is 85.0 Å². The van der Waals surface area contributed by atoms with Crippen LogP contribution in [-0.4, -0.2) is 59.5 Å². The lowest BCUT2D eigenvalue weighted by atomic mass is 9.70. The molecule has 6 N–H and O–H groups in total. The number of benzene rings is 2. The number of primary amides is 1. The van der Waals surface area contributed by atoms with Gasteiger partial charge in [-0.05, 0) is 73.8 Å². The van der Waals surface area contributed by atoms with Gasteiger partial charge < -0.3 is 31.5 Å². The Morgan fingerprint density at radius 3 is 2.36 bits per heavy atom. The minimum Gasteiger partial charge on any atom is -0.489 e. The normalized spacial score (nSPS) is 17.4. The Bertz CT molecular complexity index is 1420. The van der Waals surface area contributed by atoms with Crippen LogP contribution in [0.15, 0.2) is 71.8 Å². The third-order valence-electron chi connectivity index (χ3n) is 8.28. The van der Waals surface area contributed by atoms with Gasteiger partial charge in [-0.25, -0.2) is 4.39 Å². The van der Waals surface area contributed by atoms with E-state index in [1.807, 2.05) is 58.0 Å². The van der Waals surface area contributed by atoms with Crippen LogP contribution in [0.5, 0.6) is 5.75 Å². The third kappa shape index (κ3) is 11.0. The van der Waals surface area contributed by atoms with E-state index in [2.05, 4.69) is 5.32 Å². The van der Waals surface area contributed by atoms with Crippen molar-refractivity contribution in [1.82, 2.24) is 10.2 Å². The maximum Gasteiger partial charge on any atom is 0.249 e. The van der Waals surface area contributed by atoms with Crippen molar-refractivity contribution in [1.29, 1.82) is 0 Å². The van der Waals surface area contributed by atoms with Crippen LogP contribution >= 0.6 is 0 Å². The summed E-state index contributed by atoms with van der Waals surface area (Å²) in [6.45, 7) is 9.69. The Labute approximate surface area is 278 Å². The van der Waals surface area contributed by atoms with Gasteiger partial charge >= 0.3 is 0 Å². The topological polar surface area (TPSA) is 148 Å². The molecule has 0 aromatic heterocycles. The number of halogens is 1. The smallest absolute Gasteiger partial charge is 0.249 e. The Kier molecular flexibility index (Phi) is 14.2.